The van der Waals surface area contributed by atoms with Crippen molar-refractivity contribution in [3.8, 4) is 11.5 Å². The zero-order chi connectivity index (χ0) is 19.8. The highest BCUT2D eigenvalue weighted by atomic mass is 32.2. The monoisotopic (exact) mass is 389 g/mol. The highest BCUT2D eigenvalue weighted by Gasteiger charge is 2.25. The Morgan fingerprint density at radius 2 is 1.81 bits per heavy atom. The van der Waals surface area contributed by atoms with E-state index in [2.05, 4.69) is 5.32 Å². The number of amides is 1. The molecule has 1 amide bonds. The van der Waals surface area contributed by atoms with Gasteiger partial charge in [-0.3, -0.25) is 4.79 Å². The average molecular weight is 390 g/mol. The standard InChI is InChI=1S/C21H27NO4S/c1-14(2)20(27-13-18(23)15-8-6-5-7-9-15)21(24)22-17-12-16(25-3)10-11-19(17)26-4/h5-12,14,18,20,23H,13H2,1-4H3,(H,22,24). The van der Waals surface area contributed by atoms with Crippen LogP contribution in [0.25, 0.3) is 0 Å². The zero-order valence-electron chi connectivity index (χ0n) is 16.1. The Balaban J connectivity index is 2.07. The fourth-order valence-corrected chi connectivity index (χ4v) is 3.83. The van der Waals surface area contributed by atoms with Crippen molar-refractivity contribution in [2.75, 3.05) is 25.3 Å². The Hall–Kier alpha value is -2.18. The summed E-state index contributed by atoms with van der Waals surface area (Å²) in [7, 11) is 3.13. The molecule has 27 heavy (non-hydrogen) atoms. The third kappa shape index (κ3) is 5.91. The van der Waals surface area contributed by atoms with Crippen molar-refractivity contribution >= 4 is 23.4 Å². The minimum absolute atomic E-state index is 0.106. The maximum Gasteiger partial charge on any atom is 0.237 e. The molecule has 0 saturated carbocycles. The van der Waals surface area contributed by atoms with Crippen molar-refractivity contribution in [3.05, 3.63) is 54.1 Å². The summed E-state index contributed by atoms with van der Waals surface area (Å²) in [6.45, 7) is 3.99. The third-order valence-corrected chi connectivity index (χ3v) is 5.77. The highest BCUT2D eigenvalue weighted by molar-refractivity contribution is 8.00. The molecule has 0 saturated heterocycles. The van der Waals surface area contributed by atoms with E-state index in [0.717, 1.165) is 5.56 Å². The molecule has 2 N–H and O–H groups in total. The lowest BCUT2D eigenvalue weighted by atomic mass is 10.1. The lowest BCUT2D eigenvalue weighted by Gasteiger charge is -2.22. The fourth-order valence-electron chi connectivity index (χ4n) is 2.65. The molecule has 2 aromatic rings. The minimum Gasteiger partial charge on any atom is -0.497 e. The zero-order valence-corrected chi connectivity index (χ0v) is 17.0. The summed E-state index contributed by atoms with van der Waals surface area (Å²) in [6.07, 6.45) is -0.614. The number of benzene rings is 2. The van der Waals surface area contributed by atoms with Gasteiger partial charge in [-0.05, 0) is 23.6 Å². The summed E-state index contributed by atoms with van der Waals surface area (Å²) in [5.41, 5.74) is 1.42. The molecule has 0 aromatic heterocycles. The number of carbonyl (C=O) groups excluding carboxylic acids is 1. The Morgan fingerprint density at radius 3 is 2.41 bits per heavy atom. The molecule has 2 rings (SSSR count). The fraction of sp³-hybridized carbons (Fsp3) is 0.381. The quantitative estimate of drug-likeness (QED) is 0.675. The number of aliphatic hydroxyl groups is 1. The van der Waals surface area contributed by atoms with Crippen molar-refractivity contribution in [2.45, 2.75) is 25.2 Å². The first kappa shape index (κ1) is 21.1. The van der Waals surface area contributed by atoms with Crippen LogP contribution in [-0.4, -0.2) is 36.2 Å². The Bertz CT molecular complexity index is 736. The van der Waals surface area contributed by atoms with Gasteiger partial charge in [-0.2, -0.15) is 0 Å². The number of aliphatic hydroxyl groups excluding tert-OH is 1. The number of carbonyl (C=O) groups is 1. The molecule has 2 atom stereocenters. The van der Waals surface area contributed by atoms with Gasteiger partial charge < -0.3 is 19.9 Å². The van der Waals surface area contributed by atoms with Crippen molar-refractivity contribution in [2.24, 2.45) is 5.92 Å². The Kier molecular flexibility index (Phi) is 8.00. The van der Waals surface area contributed by atoms with Crippen LogP contribution in [0.15, 0.2) is 48.5 Å². The number of thioether (sulfide) groups is 1. The molecule has 0 radical (unpaired) electrons. The summed E-state index contributed by atoms with van der Waals surface area (Å²) in [4.78, 5) is 12.9. The number of hydrogen-bond donors (Lipinski definition) is 2. The second-order valence-corrected chi connectivity index (χ2v) is 7.65. The molecule has 2 unspecified atom stereocenters. The van der Waals surface area contributed by atoms with E-state index in [1.807, 2.05) is 44.2 Å². The van der Waals surface area contributed by atoms with Crippen LogP contribution in [0.4, 0.5) is 5.69 Å². The Labute approximate surface area is 165 Å². The van der Waals surface area contributed by atoms with Gasteiger partial charge in [0.15, 0.2) is 0 Å². The van der Waals surface area contributed by atoms with Crippen LogP contribution in [0.2, 0.25) is 0 Å². The maximum atomic E-state index is 12.9. The molecule has 0 aliphatic rings. The molecule has 0 spiro atoms. The van der Waals surface area contributed by atoms with Crippen LogP contribution in [0.1, 0.15) is 25.5 Å². The van der Waals surface area contributed by atoms with E-state index in [4.69, 9.17) is 9.47 Å². The van der Waals surface area contributed by atoms with E-state index in [9.17, 15) is 9.90 Å². The number of hydrogen-bond acceptors (Lipinski definition) is 5. The molecule has 0 aliphatic heterocycles. The first-order chi connectivity index (χ1) is 13.0. The van der Waals surface area contributed by atoms with E-state index in [1.54, 1.807) is 32.4 Å². The van der Waals surface area contributed by atoms with Gasteiger partial charge in [-0.1, -0.05) is 44.2 Å². The van der Waals surface area contributed by atoms with Crippen LogP contribution in [0, 0.1) is 5.92 Å². The molecular formula is C21H27NO4S. The first-order valence-electron chi connectivity index (χ1n) is 8.83. The molecular weight excluding hydrogens is 362 g/mol. The predicted molar refractivity (Wildman–Crippen MR) is 111 cm³/mol. The van der Waals surface area contributed by atoms with Crippen molar-refractivity contribution < 1.29 is 19.4 Å². The lowest BCUT2D eigenvalue weighted by molar-refractivity contribution is -0.116. The van der Waals surface area contributed by atoms with Gasteiger partial charge in [0.25, 0.3) is 0 Å². The lowest BCUT2D eigenvalue weighted by Crippen LogP contribution is -2.30. The van der Waals surface area contributed by atoms with Gasteiger partial charge in [0, 0.05) is 11.8 Å². The van der Waals surface area contributed by atoms with Gasteiger partial charge in [-0.25, -0.2) is 0 Å². The van der Waals surface area contributed by atoms with Crippen LogP contribution in [0.5, 0.6) is 11.5 Å². The van der Waals surface area contributed by atoms with Crippen molar-refractivity contribution in [3.63, 3.8) is 0 Å². The molecule has 0 heterocycles. The molecule has 0 fully saturated rings. The SMILES string of the molecule is COc1ccc(OC)c(NC(=O)C(SCC(O)c2ccccc2)C(C)C)c1. The van der Waals surface area contributed by atoms with Gasteiger partial charge in [0.1, 0.15) is 11.5 Å². The predicted octanol–water partition coefficient (Wildman–Crippen LogP) is 4.13. The molecule has 6 heteroatoms. The molecule has 0 bridgehead atoms. The van der Waals surface area contributed by atoms with E-state index < -0.39 is 6.10 Å². The van der Waals surface area contributed by atoms with Crippen molar-refractivity contribution in [1.29, 1.82) is 0 Å². The molecule has 2 aromatic carbocycles. The van der Waals surface area contributed by atoms with Gasteiger partial charge >= 0.3 is 0 Å². The summed E-state index contributed by atoms with van der Waals surface area (Å²) in [6, 6.07) is 14.7. The topological polar surface area (TPSA) is 67.8 Å². The summed E-state index contributed by atoms with van der Waals surface area (Å²) >= 11 is 1.45. The second kappa shape index (κ2) is 10.2. The molecule has 0 aliphatic carbocycles. The van der Waals surface area contributed by atoms with Crippen LogP contribution in [0.3, 0.4) is 0 Å². The summed E-state index contributed by atoms with van der Waals surface area (Å²) < 4.78 is 10.6. The van der Waals surface area contributed by atoms with Crippen molar-refractivity contribution in [1.82, 2.24) is 0 Å². The largest absolute Gasteiger partial charge is 0.497 e. The maximum absolute atomic E-state index is 12.9. The number of methoxy groups -OCH3 is 2. The normalized spacial score (nSPS) is 13.1. The van der Waals surface area contributed by atoms with Crippen LogP contribution < -0.4 is 14.8 Å². The number of rotatable bonds is 9. The van der Waals surface area contributed by atoms with Crippen LogP contribution >= 0.6 is 11.8 Å². The number of ether oxygens (including phenoxy) is 2. The molecule has 5 nitrogen and oxygen atoms in total. The van der Waals surface area contributed by atoms with Crippen LogP contribution in [-0.2, 0) is 4.79 Å². The minimum atomic E-state index is -0.614. The van der Waals surface area contributed by atoms with E-state index in [-0.39, 0.29) is 17.1 Å². The van der Waals surface area contributed by atoms with E-state index in [0.29, 0.717) is 22.9 Å². The van der Waals surface area contributed by atoms with E-state index in [1.165, 1.54) is 11.8 Å². The summed E-state index contributed by atoms with van der Waals surface area (Å²) in [5.74, 6) is 1.63. The number of nitrogens with one attached hydrogen (secondary N) is 1. The third-order valence-electron chi connectivity index (χ3n) is 4.15. The Morgan fingerprint density at radius 1 is 1.11 bits per heavy atom. The summed E-state index contributed by atoms with van der Waals surface area (Å²) in [5, 5.41) is 13.0. The molecule has 146 valence electrons. The average Bonchev–Trinajstić information content (AvgIpc) is 2.68. The second-order valence-electron chi connectivity index (χ2n) is 6.48. The highest BCUT2D eigenvalue weighted by Crippen LogP contribution is 2.31. The van der Waals surface area contributed by atoms with Gasteiger partial charge in [-0.15, -0.1) is 11.8 Å². The smallest absolute Gasteiger partial charge is 0.237 e. The van der Waals surface area contributed by atoms with E-state index >= 15 is 0 Å². The van der Waals surface area contributed by atoms with Gasteiger partial charge in [0.05, 0.1) is 31.3 Å². The first-order valence-corrected chi connectivity index (χ1v) is 9.88. The number of anilines is 1. The van der Waals surface area contributed by atoms with Gasteiger partial charge in [0.2, 0.25) is 5.91 Å².